The molecule has 5 nitrogen and oxygen atoms in total. The molecular formula is C16H27N5. The standard InChI is InChI=1S/C16H27N5/c1-2-9-18-16(17)20-13-14-7-8-15(19-12-14)21-10-5-3-4-6-11-21/h7-8,12H,2-6,9-11,13H2,1H3,(H3,17,18,20). The van der Waals surface area contributed by atoms with Gasteiger partial charge in [-0.15, -0.1) is 0 Å². The van der Waals surface area contributed by atoms with E-state index in [1.54, 1.807) is 0 Å². The Kier molecular flexibility index (Phi) is 6.31. The molecule has 1 aromatic rings. The van der Waals surface area contributed by atoms with Gasteiger partial charge >= 0.3 is 0 Å². The van der Waals surface area contributed by atoms with Gasteiger partial charge in [-0.3, -0.25) is 0 Å². The maximum absolute atomic E-state index is 5.78. The van der Waals surface area contributed by atoms with Crippen LogP contribution in [0.25, 0.3) is 0 Å². The molecule has 2 rings (SSSR count). The molecule has 1 aromatic heterocycles. The van der Waals surface area contributed by atoms with Gasteiger partial charge in [0.2, 0.25) is 0 Å². The van der Waals surface area contributed by atoms with Crippen LogP contribution in [-0.2, 0) is 6.54 Å². The third kappa shape index (κ3) is 5.25. The number of pyridine rings is 1. The van der Waals surface area contributed by atoms with E-state index in [0.717, 1.165) is 37.4 Å². The van der Waals surface area contributed by atoms with Crippen LogP contribution in [0.4, 0.5) is 5.82 Å². The third-order valence-corrected chi connectivity index (χ3v) is 3.73. The van der Waals surface area contributed by atoms with Crippen molar-refractivity contribution in [1.29, 1.82) is 0 Å². The summed E-state index contributed by atoms with van der Waals surface area (Å²) in [5.74, 6) is 1.59. The first-order valence-corrected chi connectivity index (χ1v) is 8.03. The Morgan fingerprint density at radius 2 is 2.05 bits per heavy atom. The highest BCUT2D eigenvalue weighted by Crippen LogP contribution is 2.17. The zero-order chi connectivity index (χ0) is 14.9. The predicted octanol–water partition coefficient (Wildman–Crippen LogP) is 2.28. The van der Waals surface area contributed by atoms with Crippen LogP contribution in [0.15, 0.2) is 23.3 Å². The number of rotatable bonds is 5. The lowest BCUT2D eigenvalue weighted by Gasteiger charge is -2.21. The van der Waals surface area contributed by atoms with Crippen LogP contribution in [0.2, 0.25) is 0 Å². The van der Waals surface area contributed by atoms with Crippen LogP contribution in [0.5, 0.6) is 0 Å². The van der Waals surface area contributed by atoms with Crippen LogP contribution < -0.4 is 16.0 Å². The molecule has 1 fully saturated rings. The smallest absolute Gasteiger partial charge is 0.188 e. The first-order valence-electron chi connectivity index (χ1n) is 8.03. The fourth-order valence-electron chi connectivity index (χ4n) is 2.48. The normalized spacial score (nSPS) is 16.6. The Labute approximate surface area is 127 Å². The lowest BCUT2D eigenvalue weighted by molar-refractivity contribution is 0.726. The molecule has 0 aromatic carbocycles. The van der Waals surface area contributed by atoms with E-state index in [9.17, 15) is 0 Å². The van der Waals surface area contributed by atoms with Crippen LogP contribution >= 0.6 is 0 Å². The first kappa shape index (κ1) is 15.6. The topological polar surface area (TPSA) is 66.5 Å². The van der Waals surface area contributed by atoms with Gasteiger partial charge in [-0.05, 0) is 30.9 Å². The maximum atomic E-state index is 5.78. The molecule has 3 N–H and O–H groups in total. The summed E-state index contributed by atoms with van der Waals surface area (Å²) in [6.07, 6.45) is 8.18. The van der Waals surface area contributed by atoms with Crippen molar-refractivity contribution in [2.45, 2.75) is 45.6 Å². The highest BCUT2D eigenvalue weighted by atomic mass is 15.2. The van der Waals surface area contributed by atoms with E-state index in [2.05, 4.69) is 39.2 Å². The van der Waals surface area contributed by atoms with Crippen LogP contribution in [0, 0.1) is 0 Å². The van der Waals surface area contributed by atoms with Crippen molar-refractivity contribution in [2.75, 3.05) is 24.5 Å². The predicted molar refractivity (Wildman–Crippen MR) is 88.5 cm³/mol. The lowest BCUT2D eigenvalue weighted by atomic mass is 10.2. The Morgan fingerprint density at radius 3 is 2.67 bits per heavy atom. The number of hydrogen-bond acceptors (Lipinski definition) is 3. The third-order valence-electron chi connectivity index (χ3n) is 3.73. The molecule has 0 radical (unpaired) electrons. The van der Waals surface area contributed by atoms with E-state index in [0.29, 0.717) is 12.5 Å². The summed E-state index contributed by atoms with van der Waals surface area (Å²) >= 11 is 0. The van der Waals surface area contributed by atoms with Gasteiger partial charge in [-0.25, -0.2) is 9.98 Å². The molecule has 5 heteroatoms. The van der Waals surface area contributed by atoms with Crippen molar-refractivity contribution < 1.29 is 0 Å². The van der Waals surface area contributed by atoms with Crippen molar-refractivity contribution in [2.24, 2.45) is 10.7 Å². The zero-order valence-electron chi connectivity index (χ0n) is 13.0. The summed E-state index contributed by atoms with van der Waals surface area (Å²) in [5.41, 5.74) is 6.87. The number of aromatic nitrogens is 1. The quantitative estimate of drug-likeness (QED) is 0.644. The number of aliphatic imine (C=N–C) groups is 1. The van der Waals surface area contributed by atoms with E-state index < -0.39 is 0 Å². The molecule has 0 saturated carbocycles. The summed E-state index contributed by atoms with van der Waals surface area (Å²) in [6.45, 7) is 5.79. The molecule has 0 amide bonds. The van der Waals surface area contributed by atoms with Crippen molar-refractivity contribution in [3.05, 3.63) is 23.9 Å². The molecular weight excluding hydrogens is 262 g/mol. The minimum atomic E-state index is 0.508. The average Bonchev–Trinajstić information content (AvgIpc) is 2.80. The number of nitrogens with zero attached hydrogens (tertiary/aromatic N) is 3. The SMILES string of the molecule is CCCNC(N)=NCc1ccc(N2CCCCCC2)nc1. The van der Waals surface area contributed by atoms with Crippen LogP contribution in [0.1, 0.15) is 44.6 Å². The van der Waals surface area contributed by atoms with E-state index in [1.165, 1.54) is 25.7 Å². The molecule has 1 saturated heterocycles. The summed E-state index contributed by atoms with van der Waals surface area (Å²) < 4.78 is 0. The van der Waals surface area contributed by atoms with Crippen molar-refractivity contribution in [3.63, 3.8) is 0 Å². The van der Waals surface area contributed by atoms with Crippen molar-refractivity contribution in [1.82, 2.24) is 10.3 Å². The number of hydrogen-bond donors (Lipinski definition) is 2. The van der Waals surface area contributed by atoms with Gasteiger partial charge in [0.1, 0.15) is 5.82 Å². The molecule has 0 unspecified atom stereocenters. The Balaban J connectivity index is 1.89. The largest absolute Gasteiger partial charge is 0.370 e. The Morgan fingerprint density at radius 1 is 1.29 bits per heavy atom. The minimum absolute atomic E-state index is 0.508. The lowest BCUT2D eigenvalue weighted by Crippen LogP contribution is -2.32. The molecule has 1 aliphatic rings. The van der Waals surface area contributed by atoms with Gasteiger partial charge in [0.05, 0.1) is 6.54 Å². The molecule has 116 valence electrons. The molecule has 21 heavy (non-hydrogen) atoms. The van der Waals surface area contributed by atoms with Gasteiger partial charge in [0.25, 0.3) is 0 Å². The van der Waals surface area contributed by atoms with E-state index in [4.69, 9.17) is 5.73 Å². The van der Waals surface area contributed by atoms with Crippen molar-refractivity contribution >= 4 is 11.8 Å². The van der Waals surface area contributed by atoms with Gasteiger partial charge in [-0.2, -0.15) is 0 Å². The molecule has 1 aliphatic heterocycles. The van der Waals surface area contributed by atoms with Crippen LogP contribution in [-0.4, -0.2) is 30.6 Å². The first-order chi connectivity index (χ1) is 10.3. The monoisotopic (exact) mass is 289 g/mol. The fraction of sp³-hybridized carbons (Fsp3) is 0.625. The molecule has 0 spiro atoms. The number of nitrogens with one attached hydrogen (secondary N) is 1. The van der Waals surface area contributed by atoms with Crippen LogP contribution in [0.3, 0.4) is 0 Å². The number of nitrogens with two attached hydrogens (primary N) is 1. The fourth-order valence-corrected chi connectivity index (χ4v) is 2.48. The second-order valence-corrected chi connectivity index (χ2v) is 5.55. The number of anilines is 1. The molecule has 0 aliphatic carbocycles. The van der Waals surface area contributed by atoms with E-state index in [1.807, 2.05) is 6.20 Å². The van der Waals surface area contributed by atoms with E-state index in [-0.39, 0.29) is 0 Å². The molecule has 0 bridgehead atoms. The summed E-state index contributed by atoms with van der Waals surface area (Å²) in [7, 11) is 0. The second kappa shape index (κ2) is 8.49. The van der Waals surface area contributed by atoms with E-state index >= 15 is 0 Å². The highest BCUT2D eigenvalue weighted by molar-refractivity contribution is 5.77. The molecule has 0 atom stereocenters. The summed E-state index contributed by atoms with van der Waals surface area (Å²) in [6, 6.07) is 4.20. The Hall–Kier alpha value is -1.78. The zero-order valence-corrected chi connectivity index (χ0v) is 13.0. The van der Waals surface area contributed by atoms with Gasteiger partial charge in [0, 0.05) is 25.8 Å². The van der Waals surface area contributed by atoms with Crippen molar-refractivity contribution in [3.8, 4) is 0 Å². The molecule has 2 heterocycles. The average molecular weight is 289 g/mol. The second-order valence-electron chi connectivity index (χ2n) is 5.55. The van der Waals surface area contributed by atoms with Gasteiger partial charge < -0.3 is 16.0 Å². The Bertz CT molecular complexity index is 432. The number of guanidine groups is 1. The summed E-state index contributed by atoms with van der Waals surface area (Å²) in [4.78, 5) is 11.3. The van der Waals surface area contributed by atoms with Gasteiger partial charge in [0.15, 0.2) is 5.96 Å². The maximum Gasteiger partial charge on any atom is 0.188 e. The minimum Gasteiger partial charge on any atom is -0.370 e. The van der Waals surface area contributed by atoms with Gasteiger partial charge in [-0.1, -0.05) is 25.8 Å². The summed E-state index contributed by atoms with van der Waals surface area (Å²) in [5, 5.41) is 3.07. The highest BCUT2D eigenvalue weighted by Gasteiger charge is 2.10.